The van der Waals surface area contributed by atoms with E-state index in [2.05, 4.69) is 10.6 Å². The van der Waals surface area contributed by atoms with Crippen molar-refractivity contribution >= 4 is 22.5 Å². The van der Waals surface area contributed by atoms with Gasteiger partial charge in [0, 0.05) is 27.6 Å². The van der Waals surface area contributed by atoms with Gasteiger partial charge in [-0.15, -0.1) is 0 Å². The number of benzene rings is 1. The van der Waals surface area contributed by atoms with Crippen LogP contribution >= 0.6 is 0 Å². The van der Waals surface area contributed by atoms with Gasteiger partial charge in [-0.25, -0.2) is 4.79 Å². The minimum Gasteiger partial charge on any atom is -0.394 e. The van der Waals surface area contributed by atoms with Crippen molar-refractivity contribution in [2.24, 2.45) is 0 Å². The third-order valence-corrected chi connectivity index (χ3v) is 4.38. The molecule has 112 valence electrons. The van der Waals surface area contributed by atoms with E-state index in [0.29, 0.717) is 23.4 Å². The van der Waals surface area contributed by atoms with Gasteiger partial charge in [-0.05, 0) is 31.0 Å². The Bertz CT molecular complexity index is 479. The maximum Gasteiger partial charge on any atom is 0.319 e. The molecule has 2 amide bonds. The molecule has 20 heavy (non-hydrogen) atoms. The molecular weight excluding hydrogens is 276 g/mol. The summed E-state index contributed by atoms with van der Waals surface area (Å²) < 4.78 is 11.4. The van der Waals surface area contributed by atoms with Crippen LogP contribution in [0.5, 0.6) is 0 Å². The van der Waals surface area contributed by atoms with Crippen LogP contribution in [0.4, 0.5) is 10.5 Å². The molecule has 0 radical (unpaired) electrons. The van der Waals surface area contributed by atoms with Gasteiger partial charge in [0.25, 0.3) is 0 Å². The third kappa shape index (κ3) is 4.31. The summed E-state index contributed by atoms with van der Waals surface area (Å²) in [6, 6.07) is 6.52. The smallest absolute Gasteiger partial charge is 0.319 e. The van der Waals surface area contributed by atoms with Crippen molar-refractivity contribution in [2.45, 2.75) is 37.1 Å². The number of hydrogen-bond acceptors (Lipinski definition) is 3. The molecule has 1 unspecified atom stereocenters. The lowest BCUT2D eigenvalue weighted by Gasteiger charge is -2.30. The van der Waals surface area contributed by atoms with E-state index in [0.717, 1.165) is 0 Å². The second kappa shape index (κ2) is 7.40. The zero-order valence-corrected chi connectivity index (χ0v) is 12.9. The number of aliphatic hydroxyl groups excluding tert-OH is 1. The summed E-state index contributed by atoms with van der Waals surface area (Å²) in [6.07, 6.45) is 2.88. The summed E-state index contributed by atoms with van der Waals surface area (Å²) in [6.45, 7) is 3.73. The Hall–Kier alpha value is -1.40. The number of carbonyl (C=O) groups is 1. The normalized spacial score (nSPS) is 12.8. The van der Waals surface area contributed by atoms with Crippen molar-refractivity contribution in [3.8, 4) is 0 Å². The molecule has 1 atom stereocenters. The summed E-state index contributed by atoms with van der Waals surface area (Å²) in [5.74, 6) is 0. The minimum atomic E-state index is -1.09. The van der Waals surface area contributed by atoms with Crippen molar-refractivity contribution in [1.82, 2.24) is 5.32 Å². The van der Waals surface area contributed by atoms with E-state index in [4.69, 9.17) is 0 Å². The Kier molecular flexibility index (Phi) is 6.16. The van der Waals surface area contributed by atoms with E-state index in [9.17, 15) is 14.1 Å². The second-order valence-electron chi connectivity index (χ2n) is 4.71. The predicted molar refractivity (Wildman–Crippen MR) is 81.3 cm³/mol. The van der Waals surface area contributed by atoms with Crippen LogP contribution in [-0.4, -0.2) is 33.7 Å². The molecule has 1 aromatic rings. The van der Waals surface area contributed by atoms with Crippen LogP contribution in [0.15, 0.2) is 29.2 Å². The highest BCUT2D eigenvalue weighted by atomic mass is 32.2. The highest BCUT2D eigenvalue weighted by Gasteiger charge is 2.27. The molecule has 0 fully saturated rings. The van der Waals surface area contributed by atoms with Crippen molar-refractivity contribution in [1.29, 1.82) is 0 Å². The molecule has 0 aromatic heterocycles. The van der Waals surface area contributed by atoms with Gasteiger partial charge in [0.2, 0.25) is 0 Å². The van der Waals surface area contributed by atoms with Gasteiger partial charge in [0.05, 0.1) is 12.1 Å². The van der Waals surface area contributed by atoms with Crippen LogP contribution in [0, 0.1) is 0 Å². The highest BCUT2D eigenvalue weighted by Crippen LogP contribution is 2.16. The molecule has 5 nitrogen and oxygen atoms in total. The standard InChI is InChI=1S/C14H22N2O3S/c1-4-14(5-2,10-17)16-13(18)15-11-7-6-8-12(9-11)20(3)19/h6-9,17H,4-5,10H2,1-3H3,(H2,15,16,18). The first-order chi connectivity index (χ1) is 9.46. The molecule has 0 spiro atoms. The van der Waals surface area contributed by atoms with Crippen LogP contribution in [0.25, 0.3) is 0 Å². The Morgan fingerprint density at radius 1 is 1.35 bits per heavy atom. The maximum atomic E-state index is 12.0. The van der Waals surface area contributed by atoms with Crippen molar-refractivity contribution in [2.75, 3.05) is 18.2 Å². The van der Waals surface area contributed by atoms with Gasteiger partial charge in [0.15, 0.2) is 0 Å². The molecular formula is C14H22N2O3S. The fourth-order valence-corrected chi connectivity index (χ4v) is 2.41. The van der Waals surface area contributed by atoms with Gasteiger partial charge in [-0.2, -0.15) is 0 Å². The van der Waals surface area contributed by atoms with Gasteiger partial charge in [-0.1, -0.05) is 19.9 Å². The maximum absolute atomic E-state index is 12.0. The van der Waals surface area contributed by atoms with E-state index in [1.165, 1.54) is 0 Å². The minimum absolute atomic E-state index is 0.105. The number of amides is 2. The first-order valence-corrected chi connectivity index (χ1v) is 8.15. The van der Waals surface area contributed by atoms with Crippen LogP contribution in [0.3, 0.4) is 0 Å². The van der Waals surface area contributed by atoms with Crippen LogP contribution in [0.2, 0.25) is 0 Å². The average Bonchev–Trinajstić information content (AvgIpc) is 2.45. The number of rotatable bonds is 6. The average molecular weight is 298 g/mol. The molecule has 0 bridgehead atoms. The Morgan fingerprint density at radius 2 is 2.00 bits per heavy atom. The summed E-state index contributed by atoms with van der Waals surface area (Å²) in [5, 5.41) is 14.9. The Balaban J connectivity index is 2.76. The van der Waals surface area contributed by atoms with Crippen LogP contribution < -0.4 is 10.6 Å². The fourth-order valence-electron chi connectivity index (χ4n) is 1.85. The van der Waals surface area contributed by atoms with Gasteiger partial charge in [-0.3, -0.25) is 4.21 Å². The molecule has 6 heteroatoms. The Morgan fingerprint density at radius 3 is 2.50 bits per heavy atom. The van der Waals surface area contributed by atoms with E-state index < -0.39 is 16.3 Å². The molecule has 0 aliphatic heterocycles. The van der Waals surface area contributed by atoms with Gasteiger partial charge >= 0.3 is 6.03 Å². The quantitative estimate of drug-likeness (QED) is 0.752. The topological polar surface area (TPSA) is 78.4 Å². The van der Waals surface area contributed by atoms with Gasteiger partial charge < -0.3 is 15.7 Å². The van der Waals surface area contributed by atoms with Crippen molar-refractivity contribution < 1.29 is 14.1 Å². The van der Waals surface area contributed by atoms with E-state index >= 15 is 0 Å². The zero-order chi connectivity index (χ0) is 15.2. The zero-order valence-electron chi connectivity index (χ0n) is 12.1. The summed E-state index contributed by atoms with van der Waals surface area (Å²) >= 11 is 0. The lowest BCUT2D eigenvalue weighted by atomic mass is 9.94. The van der Waals surface area contributed by atoms with E-state index in [1.807, 2.05) is 13.8 Å². The Labute approximate surface area is 122 Å². The van der Waals surface area contributed by atoms with Crippen LogP contribution in [-0.2, 0) is 10.8 Å². The molecule has 0 heterocycles. The number of aliphatic hydroxyl groups is 1. The predicted octanol–water partition coefficient (Wildman–Crippen LogP) is 2.10. The second-order valence-corrected chi connectivity index (χ2v) is 6.09. The number of anilines is 1. The SMILES string of the molecule is CCC(CC)(CO)NC(=O)Nc1cccc(S(C)=O)c1. The van der Waals surface area contributed by atoms with Crippen molar-refractivity contribution in [3.63, 3.8) is 0 Å². The lowest BCUT2D eigenvalue weighted by Crippen LogP contribution is -2.52. The third-order valence-electron chi connectivity index (χ3n) is 3.46. The van der Waals surface area contributed by atoms with E-state index in [1.54, 1.807) is 30.5 Å². The molecule has 3 N–H and O–H groups in total. The van der Waals surface area contributed by atoms with Crippen molar-refractivity contribution in [3.05, 3.63) is 24.3 Å². The van der Waals surface area contributed by atoms with Crippen LogP contribution in [0.1, 0.15) is 26.7 Å². The molecule has 1 aromatic carbocycles. The number of urea groups is 1. The first kappa shape index (κ1) is 16.7. The monoisotopic (exact) mass is 298 g/mol. The number of hydrogen-bond donors (Lipinski definition) is 3. The lowest BCUT2D eigenvalue weighted by molar-refractivity contribution is 0.155. The highest BCUT2D eigenvalue weighted by molar-refractivity contribution is 7.84. The number of nitrogens with one attached hydrogen (secondary N) is 2. The molecule has 0 aliphatic carbocycles. The van der Waals surface area contributed by atoms with E-state index in [-0.39, 0.29) is 12.6 Å². The summed E-state index contributed by atoms with van der Waals surface area (Å²) in [7, 11) is -1.09. The fraction of sp³-hybridized carbons (Fsp3) is 0.500. The number of carbonyl (C=O) groups excluding carboxylic acids is 1. The molecule has 1 rings (SSSR count). The molecule has 0 saturated heterocycles. The summed E-state index contributed by atoms with van der Waals surface area (Å²) in [5.41, 5.74) is -0.0239. The van der Waals surface area contributed by atoms with Gasteiger partial charge in [0.1, 0.15) is 0 Å². The molecule has 0 aliphatic rings. The first-order valence-electron chi connectivity index (χ1n) is 6.60. The molecule has 0 saturated carbocycles. The summed E-state index contributed by atoms with van der Waals surface area (Å²) in [4.78, 5) is 12.6. The largest absolute Gasteiger partial charge is 0.394 e.